The molecular formula is C32H26N8. The second kappa shape index (κ2) is 11.3. The number of hydrogen-bond acceptors (Lipinski definition) is 8. The highest BCUT2D eigenvalue weighted by Gasteiger charge is 2.20. The summed E-state index contributed by atoms with van der Waals surface area (Å²) >= 11 is 0. The van der Waals surface area contributed by atoms with E-state index in [2.05, 4.69) is 73.7 Å². The fourth-order valence-electron chi connectivity index (χ4n) is 5.15. The SMILES string of the molecule is N#Cc1cc2nc(-c3ccc(CN4CCC(Nc5ccnc(C#N)n5)CC4)cc3)c(-c3ccccc3)cc2cn1. The molecule has 0 atom stereocenters. The van der Waals surface area contributed by atoms with Crippen molar-refractivity contribution < 1.29 is 0 Å². The minimum absolute atomic E-state index is 0.185. The molecule has 0 amide bonds. The third-order valence-corrected chi connectivity index (χ3v) is 7.23. The molecule has 0 bridgehead atoms. The second-order valence-corrected chi connectivity index (χ2v) is 9.89. The fraction of sp³-hybridized carbons (Fsp3) is 0.188. The van der Waals surface area contributed by atoms with Gasteiger partial charge in [-0.3, -0.25) is 4.90 Å². The molecule has 194 valence electrons. The van der Waals surface area contributed by atoms with Gasteiger partial charge < -0.3 is 5.32 Å². The Bertz CT molecular complexity index is 1730. The van der Waals surface area contributed by atoms with Gasteiger partial charge in [-0.15, -0.1) is 0 Å². The number of aromatic nitrogens is 4. The number of pyridine rings is 2. The molecule has 8 heteroatoms. The van der Waals surface area contributed by atoms with Gasteiger partial charge in [-0.25, -0.2) is 19.9 Å². The number of nitrogens with one attached hydrogen (secondary N) is 1. The lowest BCUT2D eigenvalue weighted by atomic mass is 9.97. The summed E-state index contributed by atoms with van der Waals surface area (Å²) in [5, 5.41) is 22.7. The topological polar surface area (TPSA) is 114 Å². The Morgan fingerprint density at radius 1 is 0.850 bits per heavy atom. The molecule has 2 aromatic carbocycles. The van der Waals surface area contributed by atoms with Gasteiger partial charge in [0.05, 0.1) is 11.2 Å². The van der Waals surface area contributed by atoms with Crippen LogP contribution in [0, 0.1) is 22.7 Å². The van der Waals surface area contributed by atoms with Crippen LogP contribution in [0.5, 0.6) is 0 Å². The van der Waals surface area contributed by atoms with Crippen LogP contribution in [-0.4, -0.2) is 44.0 Å². The number of rotatable bonds is 6. The zero-order chi connectivity index (χ0) is 27.3. The number of nitriles is 2. The third-order valence-electron chi connectivity index (χ3n) is 7.23. The molecule has 1 aliphatic heterocycles. The van der Waals surface area contributed by atoms with Gasteiger partial charge in [0.15, 0.2) is 0 Å². The molecule has 1 fully saturated rings. The average molecular weight is 523 g/mol. The molecule has 5 aromatic rings. The van der Waals surface area contributed by atoms with Gasteiger partial charge in [-0.1, -0.05) is 54.6 Å². The van der Waals surface area contributed by atoms with Crippen LogP contribution in [0.3, 0.4) is 0 Å². The molecule has 6 rings (SSSR count). The van der Waals surface area contributed by atoms with E-state index in [0.717, 1.165) is 65.8 Å². The van der Waals surface area contributed by atoms with Crippen LogP contribution in [-0.2, 0) is 6.54 Å². The maximum absolute atomic E-state index is 9.32. The second-order valence-electron chi connectivity index (χ2n) is 9.89. The average Bonchev–Trinajstić information content (AvgIpc) is 3.02. The van der Waals surface area contributed by atoms with Crippen LogP contribution < -0.4 is 5.32 Å². The fourth-order valence-corrected chi connectivity index (χ4v) is 5.15. The van der Waals surface area contributed by atoms with E-state index in [4.69, 9.17) is 10.2 Å². The summed E-state index contributed by atoms with van der Waals surface area (Å²) in [6.45, 7) is 2.84. The highest BCUT2D eigenvalue weighted by molar-refractivity contribution is 5.91. The number of fused-ring (bicyclic) bond motifs is 1. The molecule has 40 heavy (non-hydrogen) atoms. The van der Waals surface area contributed by atoms with Crippen molar-refractivity contribution in [3.63, 3.8) is 0 Å². The minimum Gasteiger partial charge on any atom is -0.367 e. The Morgan fingerprint density at radius 2 is 1.65 bits per heavy atom. The molecule has 1 aliphatic rings. The Labute approximate surface area is 232 Å². The van der Waals surface area contributed by atoms with Gasteiger partial charge in [0.1, 0.15) is 23.7 Å². The van der Waals surface area contributed by atoms with E-state index in [1.807, 2.05) is 30.3 Å². The van der Waals surface area contributed by atoms with Crippen molar-refractivity contribution in [3.05, 3.63) is 102 Å². The first-order valence-electron chi connectivity index (χ1n) is 13.3. The molecule has 1 saturated heterocycles. The summed E-state index contributed by atoms with van der Waals surface area (Å²) in [4.78, 5) is 19.9. The van der Waals surface area contributed by atoms with Gasteiger partial charge in [0, 0.05) is 60.6 Å². The summed E-state index contributed by atoms with van der Waals surface area (Å²) in [7, 11) is 0. The number of piperidine rings is 1. The van der Waals surface area contributed by atoms with Crippen LogP contribution in [0.15, 0.2) is 85.2 Å². The molecule has 0 aliphatic carbocycles. The summed E-state index contributed by atoms with van der Waals surface area (Å²) in [5.74, 6) is 0.891. The van der Waals surface area contributed by atoms with Crippen LogP contribution in [0.2, 0.25) is 0 Å². The number of anilines is 1. The number of hydrogen-bond donors (Lipinski definition) is 1. The molecule has 0 unspecified atom stereocenters. The van der Waals surface area contributed by atoms with Gasteiger partial charge in [0.25, 0.3) is 0 Å². The summed E-state index contributed by atoms with van der Waals surface area (Å²) in [6.07, 6.45) is 5.34. The van der Waals surface area contributed by atoms with Crippen LogP contribution in [0.4, 0.5) is 5.82 Å². The number of nitrogens with zero attached hydrogens (tertiary/aromatic N) is 7. The first-order chi connectivity index (χ1) is 19.7. The van der Waals surface area contributed by atoms with E-state index in [0.29, 0.717) is 17.6 Å². The predicted octanol–water partition coefficient (Wildman–Crippen LogP) is 5.57. The maximum atomic E-state index is 9.32. The van der Waals surface area contributed by atoms with E-state index < -0.39 is 0 Å². The first-order valence-corrected chi connectivity index (χ1v) is 13.3. The van der Waals surface area contributed by atoms with E-state index >= 15 is 0 Å². The minimum atomic E-state index is 0.185. The van der Waals surface area contributed by atoms with Crippen molar-refractivity contribution in [2.75, 3.05) is 18.4 Å². The van der Waals surface area contributed by atoms with E-state index in [9.17, 15) is 5.26 Å². The normalized spacial score (nSPS) is 13.9. The molecule has 1 N–H and O–H groups in total. The Hall–Kier alpha value is -5.18. The molecule has 3 aromatic heterocycles. The number of likely N-dealkylation sites (tertiary alicyclic amines) is 1. The van der Waals surface area contributed by atoms with Gasteiger partial charge in [-0.2, -0.15) is 10.5 Å². The Morgan fingerprint density at radius 3 is 2.40 bits per heavy atom. The molecule has 0 radical (unpaired) electrons. The van der Waals surface area contributed by atoms with Crippen LogP contribution >= 0.6 is 0 Å². The Kier molecular flexibility index (Phi) is 7.09. The zero-order valence-electron chi connectivity index (χ0n) is 21.8. The standard InChI is InChI=1S/C32H26N8/c33-18-27-17-29-25(20-36-27)16-28(23-4-2-1-3-5-23)32(38-29)24-8-6-22(7-9-24)21-40-14-11-26(12-15-40)37-30-10-13-35-31(19-34)39-30/h1-10,13,16-17,20,26H,11-12,14-15,21H2,(H,35,37,39). The van der Waals surface area contributed by atoms with Crippen molar-refractivity contribution in [1.82, 2.24) is 24.8 Å². The lowest BCUT2D eigenvalue weighted by molar-refractivity contribution is 0.211. The zero-order valence-corrected chi connectivity index (χ0v) is 21.8. The highest BCUT2D eigenvalue weighted by atomic mass is 15.1. The quantitative estimate of drug-likeness (QED) is 0.308. The summed E-state index contributed by atoms with van der Waals surface area (Å²) in [5.41, 5.74) is 6.41. The van der Waals surface area contributed by atoms with Gasteiger partial charge >= 0.3 is 0 Å². The van der Waals surface area contributed by atoms with Crippen molar-refractivity contribution in [3.8, 4) is 34.5 Å². The molecule has 8 nitrogen and oxygen atoms in total. The van der Waals surface area contributed by atoms with Gasteiger partial charge in [-0.05, 0) is 36.1 Å². The lowest BCUT2D eigenvalue weighted by Gasteiger charge is -2.32. The summed E-state index contributed by atoms with van der Waals surface area (Å²) in [6, 6.07) is 29.0. The highest BCUT2D eigenvalue weighted by Crippen LogP contribution is 2.33. The third kappa shape index (κ3) is 5.49. The largest absolute Gasteiger partial charge is 0.367 e. The lowest BCUT2D eigenvalue weighted by Crippen LogP contribution is -2.38. The number of benzene rings is 2. The molecule has 0 spiro atoms. The molecule has 4 heterocycles. The monoisotopic (exact) mass is 522 g/mol. The van der Waals surface area contributed by atoms with Crippen molar-refractivity contribution in [1.29, 1.82) is 10.5 Å². The van der Waals surface area contributed by atoms with E-state index in [-0.39, 0.29) is 5.82 Å². The Balaban J connectivity index is 1.18. The van der Waals surface area contributed by atoms with Crippen LogP contribution in [0.25, 0.3) is 33.3 Å². The van der Waals surface area contributed by atoms with Crippen molar-refractivity contribution >= 4 is 16.7 Å². The predicted molar refractivity (Wildman–Crippen MR) is 154 cm³/mol. The van der Waals surface area contributed by atoms with Crippen molar-refractivity contribution in [2.45, 2.75) is 25.4 Å². The molecular weight excluding hydrogens is 496 g/mol. The van der Waals surface area contributed by atoms with E-state index in [1.54, 1.807) is 18.5 Å². The first kappa shape index (κ1) is 25.1. The smallest absolute Gasteiger partial charge is 0.234 e. The maximum Gasteiger partial charge on any atom is 0.234 e. The van der Waals surface area contributed by atoms with E-state index in [1.165, 1.54) is 5.56 Å². The van der Waals surface area contributed by atoms with Crippen molar-refractivity contribution in [2.24, 2.45) is 0 Å². The summed E-state index contributed by atoms with van der Waals surface area (Å²) < 4.78 is 0. The molecule has 0 saturated carbocycles. The van der Waals surface area contributed by atoms with Crippen LogP contribution in [0.1, 0.15) is 29.9 Å². The van der Waals surface area contributed by atoms with Gasteiger partial charge in [0.2, 0.25) is 5.82 Å².